The number of nitrogens with one attached hydrogen (secondary N) is 2. The van der Waals surface area contributed by atoms with E-state index in [1.54, 1.807) is 19.2 Å². The molecule has 0 saturated carbocycles. The van der Waals surface area contributed by atoms with Gasteiger partial charge in [0.25, 0.3) is 5.91 Å². The second kappa shape index (κ2) is 10.5. The van der Waals surface area contributed by atoms with Crippen molar-refractivity contribution in [3.8, 4) is 5.75 Å². The normalized spacial score (nSPS) is 10.5. The van der Waals surface area contributed by atoms with Crippen molar-refractivity contribution >= 4 is 11.6 Å². The van der Waals surface area contributed by atoms with Crippen molar-refractivity contribution in [3.63, 3.8) is 0 Å². The van der Waals surface area contributed by atoms with Crippen molar-refractivity contribution in [1.29, 1.82) is 0 Å². The van der Waals surface area contributed by atoms with Gasteiger partial charge in [-0.1, -0.05) is 25.1 Å². The number of benzene rings is 2. The maximum atomic E-state index is 12.5. The molecule has 0 heterocycles. The van der Waals surface area contributed by atoms with E-state index in [1.807, 2.05) is 36.4 Å². The summed E-state index contributed by atoms with van der Waals surface area (Å²) in [4.78, 5) is 12.5. The van der Waals surface area contributed by atoms with Gasteiger partial charge >= 0.3 is 0 Å². The van der Waals surface area contributed by atoms with E-state index in [1.165, 1.54) is 0 Å². The lowest BCUT2D eigenvalue weighted by Crippen LogP contribution is -2.14. The highest BCUT2D eigenvalue weighted by Crippen LogP contribution is 2.16. The third-order valence-electron chi connectivity index (χ3n) is 3.62. The lowest BCUT2D eigenvalue weighted by atomic mass is 10.1. The summed E-state index contributed by atoms with van der Waals surface area (Å²) < 4.78 is 10.6. The van der Waals surface area contributed by atoms with Crippen molar-refractivity contribution in [3.05, 3.63) is 59.7 Å². The molecule has 2 aromatic rings. The zero-order chi connectivity index (χ0) is 17.9. The van der Waals surface area contributed by atoms with E-state index in [4.69, 9.17) is 9.47 Å². The number of amides is 1. The summed E-state index contributed by atoms with van der Waals surface area (Å²) in [5.74, 6) is 0.535. The molecule has 0 radical (unpaired) electrons. The molecule has 0 spiro atoms. The minimum absolute atomic E-state index is 0.150. The van der Waals surface area contributed by atoms with E-state index >= 15 is 0 Å². The van der Waals surface area contributed by atoms with E-state index in [-0.39, 0.29) is 5.91 Å². The number of carbonyl (C=O) groups is 1. The van der Waals surface area contributed by atoms with Crippen LogP contribution in [-0.4, -0.2) is 32.8 Å². The van der Waals surface area contributed by atoms with Gasteiger partial charge in [-0.3, -0.25) is 4.79 Å². The molecule has 1 amide bonds. The van der Waals surface area contributed by atoms with E-state index in [0.717, 1.165) is 30.8 Å². The molecule has 2 rings (SSSR count). The lowest BCUT2D eigenvalue weighted by Gasteiger charge is -2.10. The molecular formula is C20H26N2O3. The Labute approximate surface area is 149 Å². The second-order valence-corrected chi connectivity index (χ2v) is 5.66. The van der Waals surface area contributed by atoms with E-state index in [2.05, 4.69) is 17.6 Å². The van der Waals surface area contributed by atoms with E-state index in [9.17, 15) is 4.79 Å². The second-order valence-electron chi connectivity index (χ2n) is 5.66. The van der Waals surface area contributed by atoms with Crippen LogP contribution >= 0.6 is 0 Å². The first kappa shape index (κ1) is 19.0. The Morgan fingerprint density at radius 3 is 2.72 bits per heavy atom. The van der Waals surface area contributed by atoms with Gasteiger partial charge in [-0.05, 0) is 42.4 Å². The number of ether oxygens (including phenoxy) is 2. The molecule has 0 bridgehead atoms. The Hall–Kier alpha value is -2.37. The molecule has 2 N–H and O–H groups in total. The first-order chi connectivity index (χ1) is 12.2. The maximum Gasteiger partial charge on any atom is 0.255 e. The number of rotatable bonds is 10. The number of carbonyl (C=O) groups excluding carboxylic acids is 1. The van der Waals surface area contributed by atoms with Crippen LogP contribution < -0.4 is 15.4 Å². The molecule has 0 aliphatic rings. The first-order valence-corrected chi connectivity index (χ1v) is 8.55. The van der Waals surface area contributed by atoms with Gasteiger partial charge < -0.3 is 20.1 Å². The third kappa shape index (κ3) is 6.57. The Morgan fingerprint density at radius 2 is 1.92 bits per heavy atom. The Balaban J connectivity index is 1.96. The van der Waals surface area contributed by atoms with Crippen molar-refractivity contribution in [2.24, 2.45) is 0 Å². The summed E-state index contributed by atoms with van der Waals surface area (Å²) in [5.41, 5.74) is 2.49. The molecule has 0 saturated heterocycles. The Kier molecular flexibility index (Phi) is 7.95. The van der Waals surface area contributed by atoms with Crippen LogP contribution in [0.2, 0.25) is 0 Å². The summed E-state index contributed by atoms with van der Waals surface area (Å²) in [6, 6.07) is 15.0. The van der Waals surface area contributed by atoms with Gasteiger partial charge in [-0.15, -0.1) is 0 Å². The Morgan fingerprint density at radius 1 is 1.08 bits per heavy atom. The van der Waals surface area contributed by atoms with Crippen LogP contribution in [0, 0.1) is 0 Å². The van der Waals surface area contributed by atoms with Gasteiger partial charge in [0.2, 0.25) is 0 Å². The number of anilines is 1. The summed E-state index contributed by atoms with van der Waals surface area (Å²) in [6.07, 6.45) is 0.811. The molecule has 0 aromatic heterocycles. The molecule has 5 nitrogen and oxygen atoms in total. The quantitative estimate of drug-likeness (QED) is 0.649. The number of hydrogen-bond acceptors (Lipinski definition) is 4. The SMILES string of the molecule is CCNCc1cccc(NC(=O)c2cccc(OCCCOC)c2)c1. The highest BCUT2D eigenvalue weighted by Gasteiger charge is 2.08. The fraction of sp³-hybridized carbons (Fsp3) is 0.350. The molecule has 0 unspecified atom stereocenters. The summed E-state index contributed by atoms with van der Waals surface area (Å²) >= 11 is 0. The highest BCUT2D eigenvalue weighted by atomic mass is 16.5. The minimum atomic E-state index is -0.150. The molecule has 2 aromatic carbocycles. The average molecular weight is 342 g/mol. The highest BCUT2D eigenvalue weighted by molar-refractivity contribution is 6.04. The predicted octanol–water partition coefficient (Wildman–Crippen LogP) is 3.46. The van der Waals surface area contributed by atoms with Crippen LogP contribution in [0.5, 0.6) is 5.75 Å². The van der Waals surface area contributed by atoms with Gasteiger partial charge in [0.05, 0.1) is 6.61 Å². The van der Waals surface area contributed by atoms with Crippen molar-refractivity contribution in [2.45, 2.75) is 19.9 Å². The van der Waals surface area contributed by atoms with E-state index < -0.39 is 0 Å². The molecule has 0 aliphatic carbocycles. The minimum Gasteiger partial charge on any atom is -0.493 e. The van der Waals surface area contributed by atoms with Crippen molar-refractivity contribution in [1.82, 2.24) is 5.32 Å². The van der Waals surface area contributed by atoms with Gasteiger partial charge in [0.1, 0.15) is 5.75 Å². The van der Waals surface area contributed by atoms with Gasteiger partial charge in [0.15, 0.2) is 0 Å². The summed E-state index contributed by atoms with van der Waals surface area (Å²) in [7, 11) is 1.66. The molecule has 0 aliphatic heterocycles. The monoisotopic (exact) mass is 342 g/mol. The molecule has 25 heavy (non-hydrogen) atoms. The van der Waals surface area contributed by atoms with Gasteiger partial charge in [0, 0.05) is 37.9 Å². The number of methoxy groups -OCH3 is 1. The maximum absolute atomic E-state index is 12.5. The zero-order valence-electron chi connectivity index (χ0n) is 14.9. The third-order valence-corrected chi connectivity index (χ3v) is 3.62. The molecule has 0 fully saturated rings. The van der Waals surface area contributed by atoms with Crippen molar-refractivity contribution in [2.75, 3.05) is 32.2 Å². The van der Waals surface area contributed by atoms with Gasteiger partial charge in [-0.25, -0.2) is 0 Å². The van der Waals surface area contributed by atoms with Crippen LogP contribution in [-0.2, 0) is 11.3 Å². The van der Waals surface area contributed by atoms with Crippen LogP contribution in [0.3, 0.4) is 0 Å². The molecule has 5 heteroatoms. The largest absolute Gasteiger partial charge is 0.493 e. The lowest BCUT2D eigenvalue weighted by molar-refractivity contribution is 0.102. The van der Waals surface area contributed by atoms with Crippen LogP contribution in [0.25, 0.3) is 0 Å². The van der Waals surface area contributed by atoms with Crippen LogP contribution in [0.4, 0.5) is 5.69 Å². The standard InChI is InChI=1S/C20H26N2O3/c1-3-21-15-16-7-4-9-18(13-16)22-20(23)17-8-5-10-19(14-17)25-12-6-11-24-2/h4-5,7-10,13-14,21H,3,6,11-12,15H2,1-2H3,(H,22,23). The van der Waals surface area contributed by atoms with Crippen molar-refractivity contribution < 1.29 is 14.3 Å². The van der Waals surface area contributed by atoms with Crippen LogP contribution in [0.15, 0.2) is 48.5 Å². The fourth-order valence-electron chi connectivity index (χ4n) is 2.35. The smallest absolute Gasteiger partial charge is 0.255 e. The molecule has 0 atom stereocenters. The predicted molar refractivity (Wildman–Crippen MR) is 100 cm³/mol. The zero-order valence-corrected chi connectivity index (χ0v) is 14.9. The summed E-state index contributed by atoms with van der Waals surface area (Å²) in [6.45, 7) is 4.98. The first-order valence-electron chi connectivity index (χ1n) is 8.55. The van der Waals surface area contributed by atoms with Crippen LogP contribution in [0.1, 0.15) is 29.3 Å². The Bertz CT molecular complexity index is 673. The van der Waals surface area contributed by atoms with Gasteiger partial charge in [-0.2, -0.15) is 0 Å². The topological polar surface area (TPSA) is 59.6 Å². The fourth-order valence-corrected chi connectivity index (χ4v) is 2.35. The molecular weight excluding hydrogens is 316 g/mol. The summed E-state index contributed by atoms with van der Waals surface area (Å²) in [5, 5.41) is 6.21. The molecule has 134 valence electrons. The van der Waals surface area contributed by atoms with E-state index in [0.29, 0.717) is 24.5 Å². The number of hydrogen-bond donors (Lipinski definition) is 2. The average Bonchev–Trinajstić information content (AvgIpc) is 2.64.